The standard InChI is InChI=1S/C24H33F2N/c1-18(2)16-27(17-20-13-22(25)15-23(26)14-20)12-6-7-19-8-10-21(11-9-19)24(3,4)5/h8-11,13-15,18H,6-7,12,16-17H2,1-5H3. The number of nitrogens with zero attached hydrogens (tertiary/aromatic N) is 1. The first-order valence-electron chi connectivity index (χ1n) is 9.90. The molecule has 0 N–H and O–H groups in total. The minimum Gasteiger partial charge on any atom is -0.299 e. The molecule has 0 unspecified atom stereocenters. The lowest BCUT2D eigenvalue weighted by Gasteiger charge is -2.24. The van der Waals surface area contributed by atoms with E-state index in [1.54, 1.807) is 0 Å². The van der Waals surface area contributed by atoms with Gasteiger partial charge in [-0.2, -0.15) is 0 Å². The molecule has 0 aliphatic rings. The van der Waals surface area contributed by atoms with Gasteiger partial charge in [0, 0.05) is 19.2 Å². The van der Waals surface area contributed by atoms with Crippen LogP contribution in [-0.2, 0) is 18.4 Å². The van der Waals surface area contributed by atoms with Gasteiger partial charge in [-0.1, -0.05) is 58.9 Å². The SMILES string of the molecule is CC(C)CN(CCCc1ccc(C(C)(C)C)cc1)Cc1cc(F)cc(F)c1. The smallest absolute Gasteiger partial charge is 0.126 e. The summed E-state index contributed by atoms with van der Waals surface area (Å²) in [6, 6.07) is 12.7. The Balaban J connectivity index is 1.94. The zero-order valence-electron chi connectivity index (χ0n) is 17.4. The van der Waals surface area contributed by atoms with Crippen LogP contribution in [0.25, 0.3) is 0 Å². The van der Waals surface area contributed by atoms with Crippen LogP contribution < -0.4 is 0 Å². The molecular weight excluding hydrogens is 340 g/mol. The van der Waals surface area contributed by atoms with Gasteiger partial charge in [-0.05, 0) is 59.5 Å². The van der Waals surface area contributed by atoms with Crippen LogP contribution in [0.15, 0.2) is 42.5 Å². The first-order chi connectivity index (χ1) is 12.6. The predicted octanol–water partition coefficient (Wildman–Crippen LogP) is 6.35. The van der Waals surface area contributed by atoms with Crippen LogP contribution in [-0.4, -0.2) is 18.0 Å². The molecule has 2 aromatic carbocycles. The molecular formula is C24H33F2N. The highest BCUT2D eigenvalue weighted by Crippen LogP contribution is 2.22. The Labute approximate surface area is 163 Å². The van der Waals surface area contributed by atoms with E-state index in [0.29, 0.717) is 18.0 Å². The van der Waals surface area contributed by atoms with E-state index in [1.807, 2.05) is 0 Å². The summed E-state index contributed by atoms with van der Waals surface area (Å²) in [6.45, 7) is 13.4. The van der Waals surface area contributed by atoms with Crippen molar-refractivity contribution in [3.05, 3.63) is 70.8 Å². The van der Waals surface area contributed by atoms with E-state index < -0.39 is 11.6 Å². The Morgan fingerprint density at radius 2 is 1.48 bits per heavy atom. The molecule has 0 saturated carbocycles. The zero-order valence-corrected chi connectivity index (χ0v) is 17.4. The molecule has 0 bridgehead atoms. The van der Waals surface area contributed by atoms with Gasteiger partial charge < -0.3 is 0 Å². The predicted molar refractivity (Wildman–Crippen MR) is 110 cm³/mol. The molecule has 2 rings (SSSR count). The molecule has 1 nitrogen and oxygen atoms in total. The molecule has 0 amide bonds. The Morgan fingerprint density at radius 1 is 0.889 bits per heavy atom. The van der Waals surface area contributed by atoms with E-state index in [0.717, 1.165) is 32.0 Å². The Bertz CT molecular complexity index is 694. The van der Waals surface area contributed by atoms with E-state index in [9.17, 15) is 8.78 Å². The summed E-state index contributed by atoms with van der Waals surface area (Å²) >= 11 is 0. The van der Waals surface area contributed by atoms with Gasteiger partial charge in [0.1, 0.15) is 11.6 Å². The molecule has 148 valence electrons. The molecule has 2 aromatic rings. The van der Waals surface area contributed by atoms with Gasteiger partial charge in [-0.15, -0.1) is 0 Å². The summed E-state index contributed by atoms with van der Waals surface area (Å²) in [5.74, 6) is -0.503. The van der Waals surface area contributed by atoms with E-state index in [2.05, 4.69) is 63.8 Å². The number of hydrogen-bond donors (Lipinski definition) is 0. The third-order valence-corrected chi connectivity index (χ3v) is 4.71. The highest BCUT2D eigenvalue weighted by molar-refractivity contribution is 5.27. The summed E-state index contributed by atoms with van der Waals surface area (Å²) in [5, 5.41) is 0. The number of rotatable bonds is 8. The Morgan fingerprint density at radius 3 is 2.00 bits per heavy atom. The summed E-state index contributed by atoms with van der Waals surface area (Å²) in [7, 11) is 0. The van der Waals surface area contributed by atoms with Gasteiger partial charge in [0.25, 0.3) is 0 Å². The monoisotopic (exact) mass is 373 g/mol. The first kappa shape index (κ1) is 21.6. The average Bonchev–Trinajstić information content (AvgIpc) is 2.53. The van der Waals surface area contributed by atoms with E-state index in [1.165, 1.54) is 23.3 Å². The normalized spacial score (nSPS) is 12.2. The van der Waals surface area contributed by atoms with Crippen LogP contribution in [0.1, 0.15) is 57.7 Å². The van der Waals surface area contributed by atoms with Crippen LogP contribution in [0.3, 0.4) is 0 Å². The third-order valence-electron chi connectivity index (χ3n) is 4.71. The molecule has 0 atom stereocenters. The number of halogens is 2. The molecule has 0 aliphatic carbocycles. The van der Waals surface area contributed by atoms with Crippen molar-refractivity contribution in [2.24, 2.45) is 5.92 Å². The van der Waals surface area contributed by atoms with Crippen molar-refractivity contribution in [1.29, 1.82) is 0 Å². The number of hydrogen-bond acceptors (Lipinski definition) is 1. The minimum absolute atomic E-state index is 0.173. The summed E-state index contributed by atoms with van der Waals surface area (Å²) in [5.41, 5.74) is 3.56. The maximum Gasteiger partial charge on any atom is 0.126 e. The lowest BCUT2D eigenvalue weighted by Crippen LogP contribution is -2.29. The van der Waals surface area contributed by atoms with Crippen molar-refractivity contribution < 1.29 is 8.78 Å². The van der Waals surface area contributed by atoms with Gasteiger partial charge >= 0.3 is 0 Å². The van der Waals surface area contributed by atoms with E-state index >= 15 is 0 Å². The number of aryl methyl sites for hydroxylation is 1. The van der Waals surface area contributed by atoms with Crippen molar-refractivity contribution in [1.82, 2.24) is 4.90 Å². The fraction of sp³-hybridized carbons (Fsp3) is 0.500. The topological polar surface area (TPSA) is 3.24 Å². The third kappa shape index (κ3) is 7.42. The molecule has 0 saturated heterocycles. The van der Waals surface area contributed by atoms with E-state index in [4.69, 9.17) is 0 Å². The fourth-order valence-corrected chi connectivity index (χ4v) is 3.39. The quantitative estimate of drug-likeness (QED) is 0.521. The van der Waals surface area contributed by atoms with Gasteiger partial charge in [-0.25, -0.2) is 8.78 Å². The summed E-state index contributed by atoms with van der Waals surface area (Å²) in [6.07, 6.45) is 2.04. The highest BCUT2D eigenvalue weighted by atomic mass is 19.1. The lowest BCUT2D eigenvalue weighted by molar-refractivity contribution is 0.233. The van der Waals surface area contributed by atoms with Gasteiger partial charge in [0.15, 0.2) is 0 Å². The summed E-state index contributed by atoms with van der Waals surface area (Å²) < 4.78 is 26.9. The van der Waals surface area contributed by atoms with Crippen LogP contribution in [0, 0.1) is 17.6 Å². The first-order valence-corrected chi connectivity index (χ1v) is 9.90. The second-order valence-electron chi connectivity index (χ2n) is 8.96. The Kier molecular flexibility index (Phi) is 7.55. The molecule has 0 radical (unpaired) electrons. The Hall–Kier alpha value is -1.74. The van der Waals surface area contributed by atoms with Crippen LogP contribution in [0.4, 0.5) is 8.78 Å². The van der Waals surface area contributed by atoms with E-state index in [-0.39, 0.29) is 5.41 Å². The van der Waals surface area contributed by atoms with Crippen molar-refractivity contribution in [3.8, 4) is 0 Å². The maximum atomic E-state index is 13.5. The van der Waals surface area contributed by atoms with Gasteiger partial charge in [0.2, 0.25) is 0 Å². The lowest BCUT2D eigenvalue weighted by atomic mass is 9.86. The van der Waals surface area contributed by atoms with Crippen LogP contribution >= 0.6 is 0 Å². The van der Waals surface area contributed by atoms with Gasteiger partial charge in [-0.3, -0.25) is 4.90 Å². The van der Waals surface area contributed by atoms with Crippen molar-refractivity contribution in [2.75, 3.05) is 13.1 Å². The molecule has 0 spiro atoms. The van der Waals surface area contributed by atoms with Crippen molar-refractivity contribution >= 4 is 0 Å². The molecule has 0 aliphatic heterocycles. The van der Waals surface area contributed by atoms with Crippen molar-refractivity contribution in [3.63, 3.8) is 0 Å². The second-order valence-corrected chi connectivity index (χ2v) is 8.96. The molecule has 0 heterocycles. The highest BCUT2D eigenvalue weighted by Gasteiger charge is 2.13. The van der Waals surface area contributed by atoms with Crippen LogP contribution in [0.5, 0.6) is 0 Å². The second kappa shape index (κ2) is 9.45. The molecule has 0 fully saturated rings. The van der Waals surface area contributed by atoms with Crippen molar-refractivity contribution in [2.45, 2.75) is 59.4 Å². The molecule has 27 heavy (non-hydrogen) atoms. The maximum absolute atomic E-state index is 13.5. The largest absolute Gasteiger partial charge is 0.299 e. The fourth-order valence-electron chi connectivity index (χ4n) is 3.39. The number of benzene rings is 2. The molecule has 3 heteroatoms. The van der Waals surface area contributed by atoms with Crippen LogP contribution in [0.2, 0.25) is 0 Å². The average molecular weight is 374 g/mol. The molecule has 0 aromatic heterocycles. The van der Waals surface area contributed by atoms with Gasteiger partial charge in [0.05, 0.1) is 0 Å². The summed E-state index contributed by atoms with van der Waals surface area (Å²) in [4.78, 5) is 2.29. The minimum atomic E-state index is -0.506. The zero-order chi connectivity index (χ0) is 20.0.